The van der Waals surface area contributed by atoms with E-state index in [2.05, 4.69) is 14.5 Å². The number of ether oxygens (including phenoxy) is 2. The summed E-state index contributed by atoms with van der Waals surface area (Å²) < 4.78 is 8.85. The maximum absolute atomic E-state index is 10.9. The van der Waals surface area contributed by atoms with Gasteiger partial charge in [-0.3, -0.25) is 0 Å². The van der Waals surface area contributed by atoms with E-state index in [4.69, 9.17) is 5.26 Å². The first-order valence-corrected chi connectivity index (χ1v) is 3.47. The van der Waals surface area contributed by atoms with Crippen LogP contribution in [-0.4, -0.2) is 31.3 Å². The van der Waals surface area contributed by atoms with E-state index in [9.17, 15) is 9.59 Å². The highest BCUT2D eigenvalue weighted by Gasteiger charge is 2.14. The lowest BCUT2D eigenvalue weighted by Gasteiger charge is -2.06. The van der Waals surface area contributed by atoms with Gasteiger partial charge in [0.05, 0.1) is 6.54 Å². The molecular formula is C7H8N2O4. The Bertz CT molecular complexity index is 252. The Kier molecular flexibility index (Phi) is 5.85. The molecule has 0 heterocycles. The molecule has 0 aromatic heterocycles. The Morgan fingerprint density at radius 1 is 1.69 bits per heavy atom. The van der Waals surface area contributed by atoms with Crippen LogP contribution in [0.3, 0.4) is 0 Å². The number of carbonyl (C=O) groups is 1. The van der Waals surface area contributed by atoms with Crippen LogP contribution in [0.25, 0.3) is 0 Å². The van der Waals surface area contributed by atoms with Crippen LogP contribution in [0.5, 0.6) is 0 Å². The second kappa shape index (κ2) is 6.83. The molecular weight excluding hydrogens is 176 g/mol. The maximum Gasteiger partial charge on any atom is 0.348 e. The molecule has 0 bridgehead atoms. The second-order valence-corrected chi connectivity index (χ2v) is 1.99. The summed E-state index contributed by atoms with van der Waals surface area (Å²) in [6.45, 7) is 1.43. The summed E-state index contributed by atoms with van der Waals surface area (Å²) in [5.74, 6) is -0.664. The smallest absolute Gasteiger partial charge is 0.348 e. The third-order valence-electron chi connectivity index (χ3n) is 1.07. The largest absolute Gasteiger partial charge is 0.461 e. The summed E-state index contributed by atoms with van der Waals surface area (Å²) in [6, 6.07) is 0. The van der Waals surface area contributed by atoms with Crippen molar-refractivity contribution >= 4 is 12.0 Å². The predicted octanol–water partition coefficient (Wildman–Crippen LogP) is -0.248. The molecule has 13 heavy (non-hydrogen) atoms. The summed E-state index contributed by atoms with van der Waals surface area (Å²) in [4.78, 5) is 23.6. The quantitative estimate of drug-likeness (QED) is 0.193. The van der Waals surface area contributed by atoms with Crippen LogP contribution in [-0.2, 0) is 19.1 Å². The van der Waals surface area contributed by atoms with Crippen LogP contribution in [0.1, 0.15) is 6.92 Å². The zero-order valence-electron chi connectivity index (χ0n) is 7.02. The predicted molar refractivity (Wildman–Crippen MR) is 40.1 cm³/mol. The minimum Gasteiger partial charge on any atom is -0.461 e. The summed E-state index contributed by atoms with van der Waals surface area (Å²) in [7, 11) is 0. The maximum atomic E-state index is 10.9. The van der Waals surface area contributed by atoms with Crippen molar-refractivity contribution < 1.29 is 19.1 Å². The molecule has 0 amide bonds. The molecule has 0 saturated carbocycles. The highest BCUT2D eigenvalue weighted by atomic mass is 16.6. The molecule has 0 aliphatic rings. The van der Waals surface area contributed by atoms with Crippen LogP contribution in [0.2, 0.25) is 0 Å². The Morgan fingerprint density at radius 3 is 2.92 bits per heavy atom. The normalized spacial score (nSPS) is 10.5. The zero-order chi connectivity index (χ0) is 10.1. The topological polar surface area (TPSA) is 88.8 Å². The molecule has 1 unspecified atom stereocenters. The fraction of sp³-hybridized carbons (Fsp3) is 0.571. The molecule has 0 aliphatic carbocycles. The van der Waals surface area contributed by atoms with E-state index in [1.807, 2.05) is 0 Å². The number of hydrogen-bond donors (Lipinski definition) is 0. The van der Waals surface area contributed by atoms with Gasteiger partial charge in [-0.25, -0.2) is 14.6 Å². The van der Waals surface area contributed by atoms with Crippen molar-refractivity contribution in [3.8, 4) is 6.26 Å². The van der Waals surface area contributed by atoms with E-state index in [1.165, 1.54) is 19.3 Å². The molecule has 0 aliphatic heterocycles. The van der Waals surface area contributed by atoms with Gasteiger partial charge in [0, 0.05) is 0 Å². The van der Waals surface area contributed by atoms with E-state index in [-0.39, 0.29) is 13.2 Å². The van der Waals surface area contributed by atoms with E-state index in [0.717, 1.165) is 0 Å². The molecule has 6 heteroatoms. The molecule has 0 saturated heterocycles. The number of rotatable bonds is 5. The van der Waals surface area contributed by atoms with Crippen LogP contribution in [0.15, 0.2) is 4.99 Å². The third-order valence-corrected chi connectivity index (χ3v) is 1.07. The molecule has 0 rings (SSSR count). The fourth-order valence-electron chi connectivity index (χ4n) is 0.482. The van der Waals surface area contributed by atoms with E-state index in [0.29, 0.717) is 0 Å². The van der Waals surface area contributed by atoms with Crippen molar-refractivity contribution in [2.75, 3.05) is 13.2 Å². The molecule has 0 spiro atoms. The number of nitrogens with zero attached hydrogens (tertiary/aromatic N) is 2. The summed E-state index contributed by atoms with van der Waals surface area (Å²) in [6.07, 6.45) is 1.73. The standard InChI is InChI=1S/C7H8N2O4/c1-6(13-4-8)7(11)12-3-2-9-5-10/h6H,2-3H2,1H3. The monoisotopic (exact) mass is 184 g/mol. The van der Waals surface area contributed by atoms with E-state index in [1.54, 1.807) is 0 Å². The molecule has 0 fully saturated rings. The first-order chi connectivity index (χ1) is 6.22. The molecule has 0 radical (unpaired) electrons. The highest BCUT2D eigenvalue weighted by molar-refractivity contribution is 5.74. The van der Waals surface area contributed by atoms with Crippen LogP contribution in [0.4, 0.5) is 0 Å². The first-order valence-electron chi connectivity index (χ1n) is 3.47. The van der Waals surface area contributed by atoms with Crippen molar-refractivity contribution in [1.82, 2.24) is 0 Å². The van der Waals surface area contributed by atoms with Crippen molar-refractivity contribution in [1.29, 1.82) is 5.26 Å². The molecule has 70 valence electrons. The van der Waals surface area contributed by atoms with Crippen molar-refractivity contribution in [2.24, 2.45) is 4.99 Å². The lowest BCUT2D eigenvalue weighted by atomic mass is 10.4. The Balaban J connectivity index is 3.62. The van der Waals surface area contributed by atoms with Crippen molar-refractivity contribution in [3.05, 3.63) is 0 Å². The minimum absolute atomic E-state index is 0.0206. The summed E-state index contributed by atoms with van der Waals surface area (Å²) in [5.41, 5.74) is 0. The van der Waals surface area contributed by atoms with Gasteiger partial charge >= 0.3 is 5.97 Å². The number of esters is 1. The lowest BCUT2D eigenvalue weighted by molar-refractivity contribution is -0.152. The van der Waals surface area contributed by atoms with Gasteiger partial charge in [-0.1, -0.05) is 0 Å². The Hall–Kier alpha value is -1.86. The Labute approximate surface area is 74.8 Å². The zero-order valence-corrected chi connectivity index (χ0v) is 7.02. The van der Waals surface area contributed by atoms with Crippen LogP contribution in [0, 0.1) is 11.5 Å². The molecule has 0 aromatic rings. The number of isocyanates is 1. The van der Waals surface area contributed by atoms with Gasteiger partial charge in [-0.15, -0.1) is 0 Å². The summed E-state index contributed by atoms with van der Waals surface area (Å²) in [5, 5.41) is 8.05. The van der Waals surface area contributed by atoms with Crippen molar-refractivity contribution in [3.63, 3.8) is 0 Å². The number of hydrogen-bond acceptors (Lipinski definition) is 6. The van der Waals surface area contributed by atoms with Crippen molar-refractivity contribution in [2.45, 2.75) is 13.0 Å². The average Bonchev–Trinajstić information content (AvgIpc) is 2.12. The van der Waals surface area contributed by atoms with Crippen LogP contribution < -0.4 is 0 Å². The molecule has 0 N–H and O–H groups in total. The van der Waals surface area contributed by atoms with Gasteiger partial charge in [0.15, 0.2) is 0 Å². The average molecular weight is 184 g/mol. The van der Waals surface area contributed by atoms with E-state index >= 15 is 0 Å². The number of aliphatic imine (C=N–C) groups is 1. The van der Waals surface area contributed by atoms with Crippen LogP contribution >= 0.6 is 0 Å². The number of nitriles is 1. The third kappa shape index (κ3) is 5.41. The van der Waals surface area contributed by atoms with Gasteiger partial charge in [0.2, 0.25) is 12.2 Å². The summed E-state index contributed by atoms with van der Waals surface area (Å²) >= 11 is 0. The second-order valence-electron chi connectivity index (χ2n) is 1.99. The molecule has 6 nitrogen and oxygen atoms in total. The van der Waals surface area contributed by atoms with E-state index < -0.39 is 12.1 Å². The van der Waals surface area contributed by atoms with Gasteiger partial charge in [0.25, 0.3) is 6.26 Å². The SMILES string of the molecule is CC(OC#N)C(=O)OCCN=C=O. The minimum atomic E-state index is -0.926. The Morgan fingerprint density at radius 2 is 2.38 bits per heavy atom. The van der Waals surface area contributed by atoms with Gasteiger partial charge < -0.3 is 9.47 Å². The number of carbonyl (C=O) groups excluding carboxylic acids is 2. The fourth-order valence-corrected chi connectivity index (χ4v) is 0.482. The highest BCUT2D eigenvalue weighted by Crippen LogP contribution is 1.92. The first kappa shape index (κ1) is 11.1. The van der Waals surface area contributed by atoms with Gasteiger partial charge in [-0.2, -0.15) is 5.26 Å². The molecule has 0 aromatic carbocycles. The van der Waals surface area contributed by atoms with Gasteiger partial charge in [0.1, 0.15) is 6.61 Å². The van der Waals surface area contributed by atoms with Gasteiger partial charge in [-0.05, 0) is 6.92 Å². The lowest BCUT2D eigenvalue weighted by Crippen LogP contribution is -2.22. The molecule has 1 atom stereocenters.